The van der Waals surface area contributed by atoms with Crippen LogP contribution in [0.15, 0.2) is 0 Å². The van der Waals surface area contributed by atoms with Gasteiger partial charge in [0, 0.05) is 34.6 Å². The molecule has 0 spiro atoms. The van der Waals surface area contributed by atoms with E-state index < -0.39 is 402 Å². The first-order chi connectivity index (χ1) is 59.6. The number of hydrogen-bond donors (Lipinski definition) is 32. The largest absolute Gasteiger partial charge is 0.394 e. The van der Waals surface area contributed by atoms with Gasteiger partial charge in [-0.3, -0.25) is 24.0 Å². The predicted octanol–water partition coefficient (Wildman–Crippen LogP) is -22.1. The first-order valence-electron chi connectivity index (χ1n) is 40.1. The summed E-state index contributed by atoms with van der Waals surface area (Å²) in [5.74, 6) is -4.68. The molecule has 10 rings (SSSR count). The molecule has 10 heterocycles. The summed E-state index contributed by atoms with van der Waals surface area (Å²) in [5, 5.41) is 314. The van der Waals surface area contributed by atoms with Gasteiger partial charge < -0.3 is 254 Å². The zero-order valence-electron chi connectivity index (χ0n) is 67.8. The lowest BCUT2D eigenvalue weighted by Gasteiger charge is -2.52. The van der Waals surface area contributed by atoms with Crippen LogP contribution in [0.3, 0.4) is 0 Å². The lowest BCUT2D eigenvalue weighted by atomic mass is 9.93. The van der Waals surface area contributed by atoms with Crippen molar-refractivity contribution < 1.29 is 252 Å². The fraction of sp³-hybridized carbons (Fsp3) is 0.929. The summed E-state index contributed by atoms with van der Waals surface area (Å²) in [4.78, 5) is 64.4. The van der Waals surface area contributed by atoms with Crippen LogP contribution >= 0.6 is 0 Å². The third-order valence-electron chi connectivity index (χ3n) is 22.9. The van der Waals surface area contributed by atoms with Gasteiger partial charge in [0.15, 0.2) is 62.9 Å². The van der Waals surface area contributed by atoms with Gasteiger partial charge in [-0.25, -0.2) is 0 Å². The van der Waals surface area contributed by atoms with Crippen LogP contribution in [0.1, 0.15) is 34.6 Å². The molecule has 0 saturated carbocycles. The lowest BCUT2D eigenvalue weighted by molar-refractivity contribution is -0.405. The van der Waals surface area contributed by atoms with Crippen LogP contribution in [0.4, 0.5) is 0 Å². The van der Waals surface area contributed by atoms with Gasteiger partial charge in [-0.2, -0.15) is 0 Å². The summed E-state index contributed by atoms with van der Waals surface area (Å²) in [6.07, 6.45) is -95.5. The standard InChI is InChI=1S/C70H117N5O51/c1-16(84)71-31-42(95)54(24(9-79)110-61(31)107)120-63-33(73-18(3)86)45(98)57(27(12-82)114-63)124-69-53(106)59(40(93)30(119-69)15-109-67-50(103)48(101)39(92)29(118-67)14-108-66-49(102)46(99)37(90)22(7-77)112-66)125-70-60(126-65-35(75-20(5)88)43(96)55(25(10-80)116-65)121-62-32(72-17(2)85)41(94)36(89)21(6-76)111-62)52(105)58(28(13-83)117-70)122-64-34(74-19(4)87)44(97)56(26(11-81)115-64)123-68-51(104)47(100)38(91)23(8-78)113-68/h21-70,76-83,89-107H,6-15H2,1-5H3,(H,71,84)(H,72,85)(H,73,86)(H,74,87)(H,75,88)/t21-,22-,23-,24-,25-,26-,27-,28-,29-,30-,31-,32-,33-,34-,35-,36+,37-,38+,39-,40-,41-,42-,43-,44-,45-,46+,47+,48+,49+,50+,51-,52+,53+,54-,55-,56-,57-,58-,59+,60+,61-,62+,63+,64+,65+,66+,67+,68+,69+,70-/m1/s1. The quantitative estimate of drug-likeness (QED) is 0.0290. The number of hydrogen-bond acceptors (Lipinski definition) is 51. The van der Waals surface area contributed by atoms with Crippen molar-refractivity contribution in [2.24, 2.45) is 0 Å². The molecule has 0 aromatic heterocycles. The molecule has 10 fully saturated rings. The average molecular weight is 1840 g/mol. The topological polar surface area (TPSA) is 867 Å². The van der Waals surface area contributed by atoms with Crippen LogP contribution in [0, 0.1) is 0 Å². The highest BCUT2D eigenvalue weighted by atomic mass is 16.8. The number of rotatable bonds is 33. The van der Waals surface area contributed by atoms with Crippen LogP contribution in [0.25, 0.3) is 0 Å². The van der Waals surface area contributed by atoms with Crippen molar-refractivity contribution in [2.45, 2.75) is 341 Å². The van der Waals surface area contributed by atoms with Gasteiger partial charge in [-0.1, -0.05) is 0 Å². The maximum Gasteiger partial charge on any atom is 0.217 e. The summed E-state index contributed by atoms with van der Waals surface area (Å²) in [6.45, 7) is -6.44. The average Bonchev–Trinajstić information content (AvgIpc) is 0.761. The van der Waals surface area contributed by atoms with Gasteiger partial charge >= 0.3 is 0 Å². The number of aliphatic hydroxyl groups excluding tert-OH is 27. The highest BCUT2D eigenvalue weighted by molar-refractivity contribution is 5.75. The fourth-order valence-electron chi connectivity index (χ4n) is 16.3. The minimum Gasteiger partial charge on any atom is -0.394 e. The molecule has 10 saturated heterocycles. The van der Waals surface area contributed by atoms with Crippen LogP contribution in [-0.4, -0.2) is 540 Å². The third-order valence-corrected chi connectivity index (χ3v) is 22.9. The number of amides is 5. The SMILES string of the molecule is CC(=O)N[C@@H]1[C@@H](O)[C@H](O[C@@H]2O[C@H](CO)[C@@H](O[C@@H]3O[C@H](CO[C@H]4O[C@H](CO[C@H]5O[C@H](CO)[C@@H](O)[C@H](O)[C@@H]5O)[C@@H](O)[C@H](O)[C@@H]4O)[C@@H](O)[C@H](O[C@H]4O[C@H](CO)[C@@H](O[C@@H]5O[C@H](CO)[C@@H](O[C@@H]6O[C@H](CO)[C@H](O)[C@H](O)[C@H]6O)[C@H](O)[C@H]5NC(C)=O)[C@H](O)[C@@H]4O[C@@H]4O[C@H](CO)[C@@H](O[C@@H]5O[C@H](CO)[C@H](O)[C@H](O)[C@H]5NC(C)=O)[C@H](O)[C@H]4NC(C)=O)[C@@H]3O)[C@H](O)[C@H]2NC(C)=O)[C@@H](CO)O[C@H]1O. The summed E-state index contributed by atoms with van der Waals surface area (Å²) < 4.78 is 113. The number of aliphatic hydroxyl groups is 27. The Balaban J connectivity index is 1.03. The second-order valence-corrected chi connectivity index (χ2v) is 31.7. The Kier molecular flexibility index (Phi) is 37.4. The van der Waals surface area contributed by atoms with Gasteiger partial charge in [0.05, 0.1) is 66.1 Å². The van der Waals surface area contributed by atoms with Crippen molar-refractivity contribution in [1.82, 2.24) is 26.6 Å². The number of ether oxygens (including phenoxy) is 19. The maximum absolute atomic E-state index is 13.4. The van der Waals surface area contributed by atoms with E-state index in [1.165, 1.54) is 0 Å². The van der Waals surface area contributed by atoms with Crippen molar-refractivity contribution in [3.8, 4) is 0 Å². The van der Waals surface area contributed by atoms with Crippen molar-refractivity contribution >= 4 is 29.5 Å². The smallest absolute Gasteiger partial charge is 0.217 e. The van der Waals surface area contributed by atoms with E-state index in [0.717, 1.165) is 34.6 Å². The highest BCUT2D eigenvalue weighted by Crippen LogP contribution is 2.41. The molecule has 5 amide bonds. The number of nitrogens with one attached hydrogen (secondary N) is 5. The summed E-state index contributed by atoms with van der Waals surface area (Å²) in [5.41, 5.74) is 0. The molecule has 0 aliphatic carbocycles. The van der Waals surface area contributed by atoms with E-state index in [1.54, 1.807) is 0 Å². The Hall–Kier alpha value is -4.49. The zero-order chi connectivity index (χ0) is 92.8. The third kappa shape index (κ3) is 23.1. The molecule has 728 valence electrons. The van der Waals surface area contributed by atoms with Crippen molar-refractivity contribution in [1.29, 1.82) is 0 Å². The second kappa shape index (κ2) is 45.5. The van der Waals surface area contributed by atoms with E-state index in [-0.39, 0.29) is 0 Å². The number of carbonyl (C=O) groups is 5. The number of carbonyl (C=O) groups excluding carboxylic acids is 5. The van der Waals surface area contributed by atoms with E-state index in [4.69, 9.17) is 90.0 Å². The van der Waals surface area contributed by atoms with Crippen molar-refractivity contribution in [3.05, 3.63) is 0 Å². The van der Waals surface area contributed by atoms with Crippen LogP contribution in [-0.2, 0) is 114 Å². The minimum absolute atomic E-state index is 0.808. The van der Waals surface area contributed by atoms with Gasteiger partial charge in [-0.05, 0) is 0 Å². The molecule has 50 atom stereocenters. The molecule has 0 bridgehead atoms. The Morgan fingerprint density at radius 2 is 0.437 bits per heavy atom. The molecule has 56 nitrogen and oxygen atoms in total. The first kappa shape index (κ1) is 104. The molecule has 0 radical (unpaired) electrons. The van der Waals surface area contributed by atoms with Crippen molar-refractivity contribution in [3.63, 3.8) is 0 Å². The normalized spacial score (nSPS) is 48.4. The van der Waals surface area contributed by atoms with Crippen LogP contribution < -0.4 is 26.6 Å². The van der Waals surface area contributed by atoms with Crippen LogP contribution in [0.5, 0.6) is 0 Å². The zero-order valence-corrected chi connectivity index (χ0v) is 67.8. The molecule has 0 aromatic carbocycles. The fourth-order valence-corrected chi connectivity index (χ4v) is 16.3. The van der Waals surface area contributed by atoms with E-state index in [1.807, 2.05) is 0 Å². The Bertz CT molecular complexity index is 3440. The van der Waals surface area contributed by atoms with E-state index in [0.29, 0.717) is 0 Å². The summed E-state index contributed by atoms with van der Waals surface area (Å²) in [6, 6.07) is -9.53. The molecule has 0 aromatic rings. The van der Waals surface area contributed by atoms with Gasteiger partial charge in [-0.15, -0.1) is 0 Å². The summed E-state index contributed by atoms with van der Waals surface area (Å²) in [7, 11) is 0. The first-order valence-corrected chi connectivity index (χ1v) is 40.1. The van der Waals surface area contributed by atoms with Gasteiger partial charge in [0.25, 0.3) is 0 Å². The minimum atomic E-state index is -2.68. The summed E-state index contributed by atoms with van der Waals surface area (Å²) >= 11 is 0. The lowest BCUT2D eigenvalue weighted by Crippen LogP contribution is -2.72. The Morgan fingerprint density at radius 3 is 0.802 bits per heavy atom. The van der Waals surface area contributed by atoms with Gasteiger partial charge in [0.2, 0.25) is 29.5 Å². The Labute approximate surface area is 713 Å². The van der Waals surface area contributed by atoms with Gasteiger partial charge in [0.1, 0.15) is 244 Å². The molecular formula is C70H117N5O51. The second-order valence-electron chi connectivity index (χ2n) is 31.7. The molecule has 32 N–H and O–H groups in total. The van der Waals surface area contributed by atoms with E-state index >= 15 is 0 Å². The molecule has 10 aliphatic heterocycles. The predicted molar refractivity (Wildman–Crippen MR) is 388 cm³/mol. The van der Waals surface area contributed by atoms with Crippen molar-refractivity contribution in [2.75, 3.05) is 66.1 Å². The van der Waals surface area contributed by atoms with E-state index in [9.17, 15) is 162 Å². The monoisotopic (exact) mass is 1840 g/mol. The molecule has 10 aliphatic rings. The highest BCUT2D eigenvalue weighted by Gasteiger charge is 2.62. The van der Waals surface area contributed by atoms with Crippen LogP contribution in [0.2, 0.25) is 0 Å². The molecule has 126 heavy (non-hydrogen) atoms. The Morgan fingerprint density at radius 1 is 0.206 bits per heavy atom. The molecular weight excluding hydrogens is 1730 g/mol. The maximum atomic E-state index is 13.4. The molecule has 56 heteroatoms. The molecule has 0 unspecified atom stereocenters. The van der Waals surface area contributed by atoms with E-state index in [2.05, 4.69) is 26.6 Å².